The zero-order valence-electron chi connectivity index (χ0n) is 8.74. The zero-order valence-corrected chi connectivity index (χ0v) is 9.56. The molecule has 0 aliphatic carbocycles. The third kappa shape index (κ3) is 2.62. The van der Waals surface area contributed by atoms with Crippen LogP contribution in [0.15, 0.2) is 6.20 Å². The Labute approximate surface area is 88.1 Å². The Bertz CT molecular complexity index is 309. The van der Waals surface area contributed by atoms with Crippen LogP contribution >= 0.6 is 11.3 Å². The van der Waals surface area contributed by atoms with E-state index in [9.17, 15) is 4.79 Å². The normalized spacial score (nSPS) is 12.8. The lowest BCUT2D eigenvalue weighted by Crippen LogP contribution is -1.99. The number of Topliss-reactive ketones (excluding diaryl/α,β-unsaturated/α-hetero) is 1. The highest BCUT2D eigenvalue weighted by atomic mass is 32.1. The quantitative estimate of drug-likeness (QED) is 0.706. The molecule has 0 saturated carbocycles. The van der Waals surface area contributed by atoms with Gasteiger partial charge in [0.2, 0.25) is 0 Å². The molecule has 78 valence electrons. The molecule has 0 bridgehead atoms. The third-order valence-electron chi connectivity index (χ3n) is 1.98. The number of nitrogens with zero attached hydrogens (tertiary/aromatic N) is 1. The van der Waals surface area contributed by atoms with Crippen LogP contribution in [-0.4, -0.2) is 17.9 Å². The monoisotopic (exact) mass is 213 g/mol. The van der Waals surface area contributed by atoms with Crippen LogP contribution < -0.4 is 0 Å². The number of hydrogen-bond donors (Lipinski definition) is 0. The summed E-state index contributed by atoms with van der Waals surface area (Å²) in [6, 6.07) is 0. The maximum Gasteiger partial charge on any atom is 0.171 e. The fourth-order valence-electron chi connectivity index (χ4n) is 1.20. The van der Waals surface area contributed by atoms with Gasteiger partial charge in [0.15, 0.2) is 5.78 Å². The van der Waals surface area contributed by atoms with Crippen LogP contribution in [0.2, 0.25) is 0 Å². The Morgan fingerprint density at radius 2 is 2.43 bits per heavy atom. The Morgan fingerprint density at radius 1 is 1.71 bits per heavy atom. The van der Waals surface area contributed by atoms with Crippen molar-refractivity contribution >= 4 is 17.1 Å². The SMILES string of the molecule is CCCC(OC)c1ncc(C(C)=O)s1. The lowest BCUT2D eigenvalue weighted by atomic mass is 10.2. The van der Waals surface area contributed by atoms with Gasteiger partial charge in [-0.3, -0.25) is 4.79 Å². The van der Waals surface area contributed by atoms with E-state index in [2.05, 4.69) is 11.9 Å². The number of carbonyl (C=O) groups excluding carboxylic acids is 1. The predicted molar refractivity (Wildman–Crippen MR) is 56.8 cm³/mol. The largest absolute Gasteiger partial charge is 0.374 e. The van der Waals surface area contributed by atoms with Gasteiger partial charge in [0.05, 0.1) is 4.88 Å². The number of thiazole rings is 1. The molecule has 3 nitrogen and oxygen atoms in total. The summed E-state index contributed by atoms with van der Waals surface area (Å²) in [6.07, 6.45) is 3.66. The maximum absolute atomic E-state index is 11.1. The molecule has 1 atom stereocenters. The second-order valence-corrected chi connectivity index (χ2v) is 4.19. The summed E-state index contributed by atoms with van der Waals surface area (Å²) in [7, 11) is 1.68. The number of hydrogen-bond acceptors (Lipinski definition) is 4. The van der Waals surface area contributed by atoms with E-state index >= 15 is 0 Å². The van der Waals surface area contributed by atoms with Gasteiger partial charge in [0, 0.05) is 20.2 Å². The van der Waals surface area contributed by atoms with Crippen LogP contribution in [0.5, 0.6) is 0 Å². The smallest absolute Gasteiger partial charge is 0.171 e. The standard InChI is InChI=1S/C10H15NO2S/c1-4-5-8(13-3)10-11-6-9(14-10)7(2)12/h6,8H,4-5H2,1-3H3. The van der Waals surface area contributed by atoms with E-state index in [-0.39, 0.29) is 11.9 Å². The van der Waals surface area contributed by atoms with Gasteiger partial charge in [-0.2, -0.15) is 0 Å². The average molecular weight is 213 g/mol. The number of ketones is 1. The third-order valence-corrected chi connectivity index (χ3v) is 3.17. The molecule has 1 unspecified atom stereocenters. The summed E-state index contributed by atoms with van der Waals surface area (Å²) >= 11 is 1.43. The highest BCUT2D eigenvalue weighted by Gasteiger charge is 2.15. The van der Waals surface area contributed by atoms with Crippen molar-refractivity contribution < 1.29 is 9.53 Å². The summed E-state index contributed by atoms with van der Waals surface area (Å²) in [4.78, 5) is 16.0. The van der Waals surface area contributed by atoms with Gasteiger partial charge in [0.1, 0.15) is 11.1 Å². The average Bonchev–Trinajstić information content (AvgIpc) is 2.63. The molecule has 0 amide bonds. The van der Waals surface area contributed by atoms with Crippen molar-refractivity contribution in [3.8, 4) is 0 Å². The molecular formula is C10H15NO2S. The van der Waals surface area contributed by atoms with Crippen molar-refractivity contribution in [1.82, 2.24) is 4.98 Å². The van der Waals surface area contributed by atoms with Crippen LogP contribution in [0.4, 0.5) is 0 Å². The van der Waals surface area contributed by atoms with Gasteiger partial charge >= 0.3 is 0 Å². The van der Waals surface area contributed by atoms with E-state index in [0.29, 0.717) is 4.88 Å². The summed E-state index contributed by atoms with van der Waals surface area (Å²) in [5.41, 5.74) is 0. The Balaban J connectivity index is 2.78. The Morgan fingerprint density at radius 3 is 2.86 bits per heavy atom. The summed E-state index contributed by atoms with van der Waals surface area (Å²) in [6.45, 7) is 3.66. The van der Waals surface area contributed by atoms with Crippen LogP contribution in [-0.2, 0) is 4.74 Å². The molecule has 0 radical (unpaired) electrons. The first-order valence-corrected chi connectivity index (χ1v) is 5.50. The Kier molecular flexibility index (Phi) is 4.22. The van der Waals surface area contributed by atoms with Gasteiger partial charge in [-0.25, -0.2) is 4.98 Å². The number of aromatic nitrogens is 1. The molecule has 0 aliphatic rings. The highest BCUT2D eigenvalue weighted by Crippen LogP contribution is 2.26. The van der Waals surface area contributed by atoms with Gasteiger partial charge < -0.3 is 4.74 Å². The Hall–Kier alpha value is -0.740. The molecule has 0 aliphatic heterocycles. The highest BCUT2D eigenvalue weighted by molar-refractivity contribution is 7.13. The van der Waals surface area contributed by atoms with Crippen molar-refractivity contribution in [1.29, 1.82) is 0 Å². The number of ether oxygens (including phenoxy) is 1. The predicted octanol–water partition coefficient (Wildman–Crippen LogP) is 2.83. The van der Waals surface area contributed by atoms with Crippen LogP contribution in [0.25, 0.3) is 0 Å². The molecule has 0 spiro atoms. The summed E-state index contributed by atoms with van der Waals surface area (Å²) in [5, 5.41) is 0.902. The first-order chi connectivity index (χ1) is 6.69. The second-order valence-electron chi connectivity index (χ2n) is 3.13. The zero-order chi connectivity index (χ0) is 10.6. The molecule has 1 aromatic rings. The number of rotatable bonds is 5. The molecule has 1 rings (SSSR count). The maximum atomic E-state index is 11.1. The molecule has 0 fully saturated rings. The van der Waals surface area contributed by atoms with Crippen molar-refractivity contribution in [2.75, 3.05) is 7.11 Å². The minimum Gasteiger partial charge on any atom is -0.374 e. The van der Waals surface area contributed by atoms with E-state index in [1.54, 1.807) is 20.2 Å². The molecule has 14 heavy (non-hydrogen) atoms. The van der Waals surface area contributed by atoms with E-state index in [0.717, 1.165) is 17.8 Å². The van der Waals surface area contributed by atoms with Crippen LogP contribution in [0, 0.1) is 0 Å². The molecule has 1 aromatic heterocycles. The molecule has 0 saturated heterocycles. The summed E-state index contributed by atoms with van der Waals surface area (Å²) < 4.78 is 5.31. The second kappa shape index (κ2) is 5.22. The van der Waals surface area contributed by atoms with Crippen molar-refractivity contribution in [2.45, 2.75) is 32.8 Å². The number of carbonyl (C=O) groups is 1. The van der Waals surface area contributed by atoms with E-state index in [1.807, 2.05) is 0 Å². The van der Waals surface area contributed by atoms with Gasteiger partial charge in [-0.1, -0.05) is 13.3 Å². The molecule has 4 heteroatoms. The minimum atomic E-state index is 0.0399. The fraction of sp³-hybridized carbons (Fsp3) is 0.600. The summed E-state index contributed by atoms with van der Waals surface area (Å²) in [5.74, 6) is 0.0695. The molecule has 0 aromatic carbocycles. The first-order valence-electron chi connectivity index (χ1n) is 4.68. The fourth-order valence-corrected chi connectivity index (χ4v) is 2.13. The minimum absolute atomic E-state index is 0.0399. The van der Waals surface area contributed by atoms with Crippen molar-refractivity contribution in [2.24, 2.45) is 0 Å². The van der Waals surface area contributed by atoms with Crippen LogP contribution in [0.1, 0.15) is 47.5 Å². The van der Waals surface area contributed by atoms with Gasteiger partial charge in [0.25, 0.3) is 0 Å². The topological polar surface area (TPSA) is 39.2 Å². The van der Waals surface area contributed by atoms with Crippen LogP contribution in [0.3, 0.4) is 0 Å². The van der Waals surface area contributed by atoms with Crippen molar-refractivity contribution in [3.63, 3.8) is 0 Å². The number of methoxy groups -OCH3 is 1. The van der Waals surface area contributed by atoms with Gasteiger partial charge in [-0.15, -0.1) is 11.3 Å². The first kappa shape index (κ1) is 11.3. The lowest BCUT2D eigenvalue weighted by molar-refractivity contribution is 0.0947. The van der Waals surface area contributed by atoms with E-state index in [4.69, 9.17) is 4.74 Å². The molecule has 0 N–H and O–H groups in total. The van der Waals surface area contributed by atoms with Gasteiger partial charge in [-0.05, 0) is 6.42 Å². The van der Waals surface area contributed by atoms with E-state index < -0.39 is 0 Å². The van der Waals surface area contributed by atoms with Crippen molar-refractivity contribution in [3.05, 3.63) is 16.1 Å². The lowest BCUT2D eigenvalue weighted by Gasteiger charge is -2.10. The van der Waals surface area contributed by atoms with E-state index in [1.165, 1.54) is 11.3 Å². The molecule has 1 heterocycles. The molecular weight excluding hydrogens is 198 g/mol.